The van der Waals surface area contributed by atoms with Crippen molar-refractivity contribution in [2.24, 2.45) is 0 Å². The van der Waals surface area contributed by atoms with Crippen LogP contribution in [0.4, 0.5) is 0 Å². The molecule has 6 aromatic carbocycles. The fraction of sp³-hybridized carbons (Fsp3) is 0.0952. The van der Waals surface area contributed by atoms with Crippen LogP contribution in [-0.4, -0.2) is 9.13 Å². The average molecular weight is 621 g/mol. The molecular weight excluding hydrogens is 593 g/mol. The molecule has 0 atom stereocenters. The predicted molar refractivity (Wildman–Crippen MR) is 196 cm³/mol. The van der Waals surface area contributed by atoms with Gasteiger partial charge in [-0.05, 0) is 102 Å². The van der Waals surface area contributed by atoms with E-state index in [4.69, 9.17) is 0 Å². The minimum absolute atomic E-state index is 0.0655. The highest BCUT2D eigenvalue weighted by Crippen LogP contribution is 2.41. The quantitative estimate of drug-likeness (QED) is 0.193. The zero-order valence-electron chi connectivity index (χ0n) is 26.2. The first-order chi connectivity index (χ1) is 22.8. The number of nitriles is 2. The van der Waals surface area contributed by atoms with Crippen LogP contribution in [0.5, 0.6) is 0 Å². The van der Waals surface area contributed by atoms with Crippen LogP contribution in [0.1, 0.15) is 37.5 Å². The number of hydrogen-bond acceptors (Lipinski definition) is 3. The first-order valence-corrected chi connectivity index (χ1v) is 16.5. The van der Waals surface area contributed by atoms with E-state index in [1.165, 1.54) is 47.5 Å². The minimum Gasteiger partial charge on any atom is -0.309 e. The molecule has 0 unspecified atom stereocenters. The monoisotopic (exact) mass is 620 g/mol. The van der Waals surface area contributed by atoms with E-state index in [9.17, 15) is 10.5 Å². The van der Waals surface area contributed by atoms with Gasteiger partial charge in [-0.3, -0.25) is 0 Å². The largest absolute Gasteiger partial charge is 0.309 e. The Balaban J connectivity index is 1.28. The summed E-state index contributed by atoms with van der Waals surface area (Å²) in [6, 6.07) is 45.3. The molecule has 0 saturated carbocycles. The van der Waals surface area contributed by atoms with E-state index in [0.717, 1.165) is 33.2 Å². The molecule has 0 bridgehead atoms. The Kier molecular flexibility index (Phi) is 5.72. The van der Waals surface area contributed by atoms with Crippen molar-refractivity contribution in [2.45, 2.75) is 26.2 Å². The van der Waals surface area contributed by atoms with Crippen LogP contribution in [0.2, 0.25) is 0 Å². The summed E-state index contributed by atoms with van der Waals surface area (Å²) in [5.41, 5.74) is 9.21. The second-order valence-corrected chi connectivity index (χ2v) is 14.4. The van der Waals surface area contributed by atoms with Gasteiger partial charge in [0.25, 0.3) is 0 Å². The number of fused-ring (bicyclic) bond motifs is 9. The molecule has 0 aliphatic rings. The minimum atomic E-state index is 0.0655. The maximum atomic E-state index is 9.63. The summed E-state index contributed by atoms with van der Waals surface area (Å²) < 4.78 is 7.13. The van der Waals surface area contributed by atoms with E-state index in [1.54, 1.807) is 0 Å². The summed E-state index contributed by atoms with van der Waals surface area (Å²) in [6.45, 7) is 6.80. The Labute approximate surface area is 275 Å². The molecule has 0 aliphatic carbocycles. The van der Waals surface area contributed by atoms with E-state index in [-0.39, 0.29) is 5.41 Å². The molecule has 9 rings (SSSR count). The van der Waals surface area contributed by atoms with Crippen molar-refractivity contribution in [3.05, 3.63) is 132 Å². The van der Waals surface area contributed by atoms with E-state index in [2.05, 4.69) is 121 Å². The fourth-order valence-electron chi connectivity index (χ4n) is 7.19. The molecule has 0 radical (unpaired) electrons. The van der Waals surface area contributed by atoms with Crippen LogP contribution in [0, 0.1) is 22.7 Å². The van der Waals surface area contributed by atoms with Gasteiger partial charge in [0.2, 0.25) is 0 Å². The third kappa shape index (κ3) is 4.04. The summed E-state index contributed by atoms with van der Waals surface area (Å²) in [4.78, 5) is 0. The summed E-state index contributed by atoms with van der Waals surface area (Å²) in [5.74, 6) is 0. The van der Waals surface area contributed by atoms with E-state index < -0.39 is 0 Å². The molecule has 3 aromatic heterocycles. The zero-order valence-corrected chi connectivity index (χ0v) is 27.0. The Bertz CT molecular complexity index is 2790. The summed E-state index contributed by atoms with van der Waals surface area (Å²) >= 11 is 1.81. The van der Waals surface area contributed by atoms with Crippen LogP contribution < -0.4 is 0 Å². The van der Waals surface area contributed by atoms with Gasteiger partial charge >= 0.3 is 0 Å². The fourth-order valence-corrected chi connectivity index (χ4v) is 8.26. The number of aromatic nitrogens is 2. The van der Waals surface area contributed by atoms with Gasteiger partial charge in [0.1, 0.15) is 0 Å². The molecule has 0 amide bonds. The van der Waals surface area contributed by atoms with Crippen LogP contribution in [0.15, 0.2) is 115 Å². The zero-order chi connectivity index (χ0) is 32.0. The number of nitrogens with zero attached hydrogens (tertiary/aromatic N) is 4. The lowest BCUT2D eigenvalue weighted by molar-refractivity contribution is 0.591. The van der Waals surface area contributed by atoms with Crippen molar-refractivity contribution in [2.75, 3.05) is 0 Å². The summed E-state index contributed by atoms with van der Waals surface area (Å²) in [7, 11) is 0. The van der Waals surface area contributed by atoms with E-state index in [0.29, 0.717) is 11.1 Å². The molecule has 4 nitrogen and oxygen atoms in total. The highest BCUT2D eigenvalue weighted by molar-refractivity contribution is 7.25. The van der Waals surface area contributed by atoms with Crippen molar-refractivity contribution >= 4 is 75.1 Å². The van der Waals surface area contributed by atoms with Gasteiger partial charge in [0.15, 0.2) is 0 Å². The first kappa shape index (κ1) is 27.4. The second kappa shape index (κ2) is 9.81. The van der Waals surface area contributed by atoms with Crippen molar-refractivity contribution < 1.29 is 0 Å². The Morgan fingerprint density at radius 1 is 0.489 bits per heavy atom. The van der Waals surface area contributed by atoms with Crippen LogP contribution in [0.3, 0.4) is 0 Å². The number of thiophene rings is 1. The molecule has 9 aromatic rings. The van der Waals surface area contributed by atoms with Gasteiger partial charge < -0.3 is 9.13 Å². The molecule has 0 fully saturated rings. The third-order valence-corrected chi connectivity index (χ3v) is 10.7. The van der Waals surface area contributed by atoms with Crippen molar-refractivity contribution in [3.8, 4) is 23.5 Å². The van der Waals surface area contributed by atoms with Crippen LogP contribution in [0.25, 0.3) is 75.2 Å². The van der Waals surface area contributed by atoms with Gasteiger partial charge in [-0.2, -0.15) is 10.5 Å². The maximum absolute atomic E-state index is 9.63. The highest BCUT2D eigenvalue weighted by Gasteiger charge is 2.19. The van der Waals surface area contributed by atoms with Crippen LogP contribution >= 0.6 is 11.3 Å². The summed E-state index contributed by atoms with van der Waals surface area (Å²) in [5, 5.41) is 26.2. The molecular formula is C42H28N4S. The van der Waals surface area contributed by atoms with Crippen molar-refractivity contribution in [1.82, 2.24) is 9.13 Å². The lowest BCUT2D eigenvalue weighted by Gasteiger charge is -2.19. The SMILES string of the molecule is CC(C)(C)c1ccc2c(c1)c1ccccc1n2-c1ccc2sc3ccc(-n4c5ccc(C#N)cc5c5cc(C#N)ccc54)cc3c2c1. The maximum Gasteiger partial charge on any atom is 0.0991 e. The van der Waals surface area contributed by atoms with Crippen molar-refractivity contribution in [1.29, 1.82) is 10.5 Å². The lowest BCUT2D eigenvalue weighted by atomic mass is 9.86. The van der Waals surface area contributed by atoms with Crippen molar-refractivity contribution in [3.63, 3.8) is 0 Å². The summed E-state index contributed by atoms with van der Waals surface area (Å²) in [6.07, 6.45) is 0. The third-order valence-electron chi connectivity index (χ3n) is 9.51. The average Bonchev–Trinajstić information content (AvgIpc) is 3.73. The number of rotatable bonds is 2. The topological polar surface area (TPSA) is 57.4 Å². The number of benzene rings is 6. The standard InChI is InChI=1S/C42H28N4S/c1-42(2,3)27-10-15-39-33(20-27)30-6-4-5-7-36(30)45(39)28-11-16-40-34(21-28)35-22-29(12-17-41(35)47-40)46-37-13-8-25(23-43)18-31(37)32-19-26(24-44)9-14-38(32)46/h4-22H,1-3H3. The molecule has 5 heteroatoms. The molecule has 0 saturated heterocycles. The molecule has 0 aliphatic heterocycles. The lowest BCUT2D eigenvalue weighted by Crippen LogP contribution is -2.10. The van der Waals surface area contributed by atoms with E-state index in [1.807, 2.05) is 47.7 Å². The van der Waals surface area contributed by atoms with E-state index >= 15 is 0 Å². The van der Waals surface area contributed by atoms with Gasteiger partial charge in [-0.25, -0.2) is 0 Å². The molecule has 0 spiro atoms. The molecule has 0 N–H and O–H groups in total. The van der Waals surface area contributed by atoms with Gasteiger partial charge in [0, 0.05) is 53.1 Å². The Morgan fingerprint density at radius 3 is 1.51 bits per heavy atom. The predicted octanol–water partition coefficient (Wildman–Crippen LogP) is 11.3. The normalized spacial score (nSPS) is 12.1. The molecule has 47 heavy (non-hydrogen) atoms. The second-order valence-electron chi connectivity index (χ2n) is 13.3. The number of hydrogen-bond donors (Lipinski definition) is 0. The van der Waals surface area contributed by atoms with Gasteiger partial charge in [-0.15, -0.1) is 11.3 Å². The Morgan fingerprint density at radius 2 is 0.979 bits per heavy atom. The first-order valence-electron chi connectivity index (χ1n) is 15.7. The van der Waals surface area contributed by atoms with Gasteiger partial charge in [-0.1, -0.05) is 45.0 Å². The van der Waals surface area contributed by atoms with Crippen LogP contribution in [-0.2, 0) is 5.41 Å². The van der Waals surface area contributed by atoms with Gasteiger partial charge in [0.05, 0.1) is 45.3 Å². The number of para-hydroxylation sites is 1. The molecule has 3 heterocycles. The Hall–Kier alpha value is -5.88. The molecule has 222 valence electrons. The smallest absolute Gasteiger partial charge is 0.0991 e. The highest BCUT2D eigenvalue weighted by atomic mass is 32.1.